The van der Waals surface area contributed by atoms with Crippen molar-refractivity contribution in [2.24, 2.45) is 0 Å². The van der Waals surface area contributed by atoms with Crippen LogP contribution >= 0.6 is 0 Å². The van der Waals surface area contributed by atoms with Crippen molar-refractivity contribution in [3.8, 4) is 5.75 Å². The summed E-state index contributed by atoms with van der Waals surface area (Å²) in [5.41, 5.74) is 0.542. The van der Waals surface area contributed by atoms with Crippen LogP contribution in [0.25, 0.3) is 5.65 Å². The highest BCUT2D eigenvalue weighted by molar-refractivity contribution is 5.95. The Bertz CT molecular complexity index is 1510. The molecule has 0 spiro atoms. The zero-order chi connectivity index (χ0) is 33.0. The first-order valence-electron chi connectivity index (χ1n) is 13.5. The van der Waals surface area contributed by atoms with Gasteiger partial charge in [-0.05, 0) is 71.2 Å². The largest absolute Gasteiger partial charge is 0.490 e. The van der Waals surface area contributed by atoms with Crippen LogP contribution in [0, 0.1) is 25.5 Å². The number of rotatable bonds is 6. The number of nitrogens with one attached hydrogen (secondary N) is 1. The third kappa shape index (κ3) is 8.57. The van der Waals surface area contributed by atoms with Crippen molar-refractivity contribution in [3.63, 3.8) is 0 Å². The lowest BCUT2D eigenvalue weighted by molar-refractivity contribution is -0.210. The second-order valence-electron chi connectivity index (χ2n) is 11.1. The van der Waals surface area contributed by atoms with E-state index in [-0.39, 0.29) is 36.2 Å². The number of fused-ring (bicyclic) bond motifs is 1. The Morgan fingerprint density at radius 1 is 1.11 bits per heavy atom. The van der Waals surface area contributed by atoms with Crippen molar-refractivity contribution in [2.75, 3.05) is 13.1 Å². The summed E-state index contributed by atoms with van der Waals surface area (Å²) in [5.74, 6) is -3.67. The standard InChI is InChI=1S/C23H24F2N4O4.C6H9F3O2/c1-13-9-19(33-12-16-17(24)6-3-7-18(16)25)21-27-14(2)20(29(21)11-13)22(30)26-10-15-5-4-8-28(15)23(31)32;1-5(2,3)11-4(10)6(7,8)9/h3,6-7,9,11,15H,4-5,8,10,12H2,1-2H3,(H,26,30)(H,31,32);1-3H3/t15-;/m0./s1. The number of likely N-dealkylation sites (tertiary alicyclic amines) is 1. The van der Waals surface area contributed by atoms with E-state index in [1.807, 2.05) is 0 Å². The molecule has 44 heavy (non-hydrogen) atoms. The fourth-order valence-corrected chi connectivity index (χ4v) is 4.49. The van der Waals surface area contributed by atoms with E-state index in [2.05, 4.69) is 15.0 Å². The van der Waals surface area contributed by atoms with E-state index in [4.69, 9.17) is 4.74 Å². The fourth-order valence-electron chi connectivity index (χ4n) is 4.49. The molecule has 4 rings (SSSR count). The molecule has 2 N–H and O–H groups in total. The number of aromatic nitrogens is 2. The molecular formula is C29H33F5N4O6. The third-order valence-electron chi connectivity index (χ3n) is 6.40. The van der Waals surface area contributed by atoms with Crippen molar-refractivity contribution >= 4 is 23.6 Å². The Morgan fingerprint density at radius 2 is 1.75 bits per heavy atom. The maximum absolute atomic E-state index is 14.0. The van der Waals surface area contributed by atoms with Gasteiger partial charge in [-0.25, -0.2) is 23.4 Å². The summed E-state index contributed by atoms with van der Waals surface area (Å²) >= 11 is 0. The third-order valence-corrected chi connectivity index (χ3v) is 6.40. The average molecular weight is 629 g/mol. The minimum Gasteiger partial charge on any atom is -0.485 e. The number of nitrogens with zero attached hydrogens (tertiary/aromatic N) is 3. The number of carbonyl (C=O) groups is 3. The van der Waals surface area contributed by atoms with Crippen molar-refractivity contribution in [1.29, 1.82) is 0 Å². The lowest BCUT2D eigenvalue weighted by atomic mass is 10.2. The molecule has 1 fully saturated rings. The molecule has 2 amide bonds. The molecule has 0 bridgehead atoms. The highest BCUT2D eigenvalue weighted by Crippen LogP contribution is 2.26. The van der Waals surface area contributed by atoms with Crippen LogP contribution in [0.1, 0.15) is 60.9 Å². The van der Waals surface area contributed by atoms with Crippen molar-refractivity contribution in [2.45, 2.75) is 71.9 Å². The van der Waals surface area contributed by atoms with Gasteiger partial charge in [-0.3, -0.25) is 9.20 Å². The quantitative estimate of drug-likeness (QED) is 0.270. The maximum Gasteiger partial charge on any atom is 0.490 e. The molecule has 0 aliphatic carbocycles. The van der Waals surface area contributed by atoms with Crippen LogP contribution in [-0.2, 0) is 16.1 Å². The number of hydrogen-bond acceptors (Lipinski definition) is 6. The Labute approximate surface area is 249 Å². The summed E-state index contributed by atoms with van der Waals surface area (Å²) in [4.78, 5) is 40.2. The molecule has 1 saturated heterocycles. The Hall–Kier alpha value is -4.43. The van der Waals surface area contributed by atoms with Crippen molar-refractivity contribution in [1.82, 2.24) is 19.6 Å². The topological polar surface area (TPSA) is 122 Å². The second kappa shape index (κ2) is 13.5. The monoisotopic (exact) mass is 628 g/mol. The zero-order valence-electron chi connectivity index (χ0n) is 24.7. The zero-order valence-corrected chi connectivity index (χ0v) is 24.7. The minimum atomic E-state index is -4.90. The summed E-state index contributed by atoms with van der Waals surface area (Å²) < 4.78 is 73.8. The molecular weight excluding hydrogens is 595 g/mol. The van der Waals surface area contributed by atoms with Gasteiger partial charge in [0.15, 0.2) is 11.4 Å². The molecule has 1 aromatic carbocycles. The number of halogens is 5. The maximum atomic E-state index is 14.0. The molecule has 2 aromatic heterocycles. The number of amides is 2. The van der Waals surface area contributed by atoms with Gasteiger partial charge in [0.1, 0.15) is 29.5 Å². The van der Waals surface area contributed by atoms with Crippen LogP contribution in [-0.4, -0.2) is 68.3 Å². The van der Waals surface area contributed by atoms with E-state index >= 15 is 0 Å². The Kier molecular flexibility index (Phi) is 10.4. The van der Waals surface area contributed by atoms with Crippen LogP contribution in [0.3, 0.4) is 0 Å². The van der Waals surface area contributed by atoms with Crippen LogP contribution in [0.2, 0.25) is 0 Å². The molecule has 1 aliphatic rings. The smallest absolute Gasteiger partial charge is 0.485 e. The molecule has 0 unspecified atom stereocenters. The summed E-state index contributed by atoms with van der Waals surface area (Å²) in [7, 11) is 0. The van der Waals surface area contributed by atoms with Gasteiger partial charge in [-0.2, -0.15) is 13.2 Å². The van der Waals surface area contributed by atoms with Gasteiger partial charge in [-0.15, -0.1) is 0 Å². The highest BCUT2D eigenvalue weighted by Gasteiger charge is 2.43. The van der Waals surface area contributed by atoms with E-state index in [1.165, 1.54) is 31.7 Å². The lowest BCUT2D eigenvalue weighted by Gasteiger charge is -2.21. The number of carbonyl (C=O) groups excluding carboxylic acids is 2. The number of esters is 1. The fraction of sp³-hybridized carbons (Fsp3) is 0.448. The average Bonchev–Trinajstić information content (AvgIpc) is 3.50. The number of carboxylic acid groups (broad SMARTS) is 1. The number of imidazole rings is 1. The van der Waals surface area contributed by atoms with Crippen molar-refractivity contribution < 1.29 is 50.9 Å². The van der Waals surface area contributed by atoms with Gasteiger partial charge in [0.2, 0.25) is 0 Å². The van der Waals surface area contributed by atoms with Gasteiger partial charge >= 0.3 is 18.2 Å². The number of hydrogen-bond donors (Lipinski definition) is 2. The number of benzene rings is 1. The molecule has 10 nitrogen and oxygen atoms in total. The minimum absolute atomic E-state index is 0.194. The molecule has 0 saturated carbocycles. The molecule has 240 valence electrons. The number of pyridine rings is 1. The molecule has 1 aliphatic heterocycles. The molecule has 3 aromatic rings. The molecule has 0 radical (unpaired) electrons. The van der Waals surface area contributed by atoms with Crippen molar-refractivity contribution in [3.05, 3.63) is 64.6 Å². The predicted octanol–water partition coefficient (Wildman–Crippen LogP) is 5.57. The predicted molar refractivity (Wildman–Crippen MR) is 147 cm³/mol. The van der Waals surface area contributed by atoms with Crippen LogP contribution in [0.4, 0.5) is 26.7 Å². The summed E-state index contributed by atoms with van der Waals surface area (Å²) in [6.45, 7) is 7.90. The van der Waals surface area contributed by atoms with Gasteiger partial charge in [0.05, 0.1) is 17.3 Å². The van der Waals surface area contributed by atoms with Crippen LogP contribution < -0.4 is 10.1 Å². The van der Waals surface area contributed by atoms with Gasteiger partial charge in [-0.1, -0.05) is 6.07 Å². The number of ether oxygens (including phenoxy) is 2. The van der Waals surface area contributed by atoms with E-state index in [9.17, 15) is 41.4 Å². The Balaban J connectivity index is 0.000000411. The first-order valence-corrected chi connectivity index (χ1v) is 13.5. The molecule has 3 heterocycles. The van der Waals surface area contributed by atoms with E-state index in [1.54, 1.807) is 30.5 Å². The summed E-state index contributed by atoms with van der Waals surface area (Å²) in [6, 6.07) is 5.01. The van der Waals surface area contributed by atoms with Gasteiger partial charge < -0.3 is 24.8 Å². The Morgan fingerprint density at radius 3 is 2.30 bits per heavy atom. The normalized spacial score (nSPS) is 15.0. The van der Waals surface area contributed by atoms with Gasteiger partial charge in [0, 0.05) is 19.3 Å². The van der Waals surface area contributed by atoms with Crippen LogP contribution in [0.5, 0.6) is 5.75 Å². The molecule has 1 atom stereocenters. The van der Waals surface area contributed by atoms with E-state index < -0.39 is 41.4 Å². The van der Waals surface area contributed by atoms with Crippen LogP contribution in [0.15, 0.2) is 30.5 Å². The number of alkyl halides is 3. The highest BCUT2D eigenvalue weighted by atomic mass is 19.4. The van der Waals surface area contributed by atoms with E-state index in [0.29, 0.717) is 24.3 Å². The SMILES string of the molecule is CC(C)(C)OC(=O)C(F)(F)F.Cc1cc(OCc2c(F)cccc2F)c2nc(C)c(C(=O)NC[C@@H]3CCCN3C(=O)O)n2c1. The summed E-state index contributed by atoms with van der Waals surface area (Å²) in [5, 5.41) is 12.1. The van der Waals surface area contributed by atoms with E-state index in [0.717, 1.165) is 24.1 Å². The summed E-state index contributed by atoms with van der Waals surface area (Å²) in [6.07, 6.45) is -2.74. The lowest BCUT2D eigenvalue weighted by Crippen LogP contribution is -2.42. The van der Waals surface area contributed by atoms with Gasteiger partial charge in [0.25, 0.3) is 5.91 Å². The first kappa shape index (κ1) is 34.1. The first-order chi connectivity index (χ1) is 20.4. The molecule has 15 heteroatoms. The number of aryl methyl sites for hydroxylation is 2. The second-order valence-corrected chi connectivity index (χ2v) is 11.1.